The quantitative estimate of drug-likeness (QED) is 0.529. The van der Waals surface area contributed by atoms with Crippen LogP contribution in [0.5, 0.6) is 0 Å². The van der Waals surface area contributed by atoms with Gasteiger partial charge < -0.3 is 18.8 Å². The van der Waals surface area contributed by atoms with Crippen LogP contribution in [0.1, 0.15) is 19.6 Å². The average Bonchev–Trinajstić information content (AvgIpc) is 3.07. The highest BCUT2D eigenvalue weighted by Gasteiger charge is 2.33. The molecule has 0 spiro atoms. The van der Waals surface area contributed by atoms with Gasteiger partial charge in [0.25, 0.3) is 0 Å². The first-order valence-electron chi connectivity index (χ1n) is 7.70. The molecule has 0 saturated carbocycles. The molecule has 1 aromatic carbocycles. The monoisotopic (exact) mass is 413 g/mol. The fraction of sp³-hybridized carbons (Fsp3) is 0.294. The second kappa shape index (κ2) is 9.23. The lowest BCUT2D eigenvalue weighted by atomic mass is 10.3. The first-order valence-corrected chi connectivity index (χ1v) is 10.1. The Balaban J connectivity index is 2.28. The van der Waals surface area contributed by atoms with Crippen molar-refractivity contribution < 1.29 is 18.0 Å². The minimum atomic E-state index is -3.38. The van der Waals surface area contributed by atoms with Crippen molar-refractivity contribution in [3.63, 3.8) is 0 Å². The molecule has 2 aromatic rings. The van der Waals surface area contributed by atoms with Crippen LogP contribution < -0.4 is 5.32 Å². The average molecular weight is 414 g/mol. The van der Waals surface area contributed by atoms with Gasteiger partial charge in [0.05, 0.1) is 19.5 Å². The van der Waals surface area contributed by atoms with Gasteiger partial charge in [0, 0.05) is 10.2 Å². The maximum Gasteiger partial charge on any atom is 0.356 e. The van der Waals surface area contributed by atoms with Crippen molar-refractivity contribution in [1.29, 1.82) is 0 Å². The summed E-state index contributed by atoms with van der Waals surface area (Å²) in [6, 6.07) is 11.2. The van der Waals surface area contributed by atoms with Crippen LogP contribution in [0.4, 0.5) is 5.69 Å². The molecule has 0 radical (unpaired) electrons. The van der Waals surface area contributed by atoms with Gasteiger partial charge in [0.2, 0.25) is 0 Å². The molecule has 0 bridgehead atoms. The van der Waals surface area contributed by atoms with Gasteiger partial charge in [-0.2, -0.15) is 0 Å². The molecule has 7 heteroatoms. The predicted molar refractivity (Wildman–Crippen MR) is 100 cm³/mol. The van der Waals surface area contributed by atoms with E-state index in [1.54, 1.807) is 38.3 Å². The van der Waals surface area contributed by atoms with Crippen LogP contribution in [0.2, 0.25) is 0 Å². The summed E-state index contributed by atoms with van der Waals surface area (Å²) < 4.78 is 30.4. The van der Waals surface area contributed by atoms with Crippen LogP contribution in [-0.2, 0) is 13.6 Å². The first-order chi connectivity index (χ1) is 11.6. The van der Waals surface area contributed by atoms with E-state index in [2.05, 4.69) is 21.2 Å². The lowest BCUT2D eigenvalue weighted by Gasteiger charge is -2.25. The molecule has 24 heavy (non-hydrogen) atoms. The van der Waals surface area contributed by atoms with Gasteiger partial charge >= 0.3 is 7.60 Å². The summed E-state index contributed by atoms with van der Waals surface area (Å²) in [6.07, 6.45) is 5.08. The number of hydrogen-bond acceptors (Lipinski definition) is 5. The number of anilines is 1. The van der Waals surface area contributed by atoms with Crippen molar-refractivity contribution >= 4 is 35.3 Å². The van der Waals surface area contributed by atoms with E-state index in [1.165, 1.54) is 0 Å². The van der Waals surface area contributed by atoms with Crippen LogP contribution >= 0.6 is 23.5 Å². The highest BCUT2D eigenvalue weighted by molar-refractivity contribution is 9.10. The molecule has 130 valence electrons. The molecular weight excluding hydrogens is 393 g/mol. The van der Waals surface area contributed by atoms with E-state index in [4.69, 9.17) is 13.5 Å². The topological polar surface area (TPSA) is 60.7 Å². The smallest absolute Gasteiger partial charge is 0.356 e. The zero-order valence-corrected chi connectivity index (χ0v) is 16.1. The van der Waals surface area contributed by atoms with Crippen molar-refractivity contribution in [2.24, 2.45) is 0 Å². The van der Waals surface area contributed by atoms with Gasteiger partial charge in [-0.25, -0.2) is 0 Å². The number of nitrogens with one attached hydrogen (secondary N) is 1. The molecule has 5 nitrogen and oxygen atoms in total. The first kappa shape index (κ1) is 19.0. The Morgan fingerprint density at radius 2 is 1.88 bits per heavy atom. The molecule has 0 aliphatic carbocycles. The molecule has 1 unspecified atom stereocenters. The second-order valence-electron chi connectivity index (χ2n) is 4.85. The van der Waals surface area contributed by atoms with Crippen LogP contribution in [0, 0.1) is 0 Å². The van der Waals surface area contributed by atoms with E-state index in [9.17, 15) is 4.57 Å². The summed E-state index contributed by atoms with van der Waals surface area (Å²) in [5.41, 5.74) is 0.812. The molecule has 0 aliphatic heterocycles. The number of benzene rings is 1. The van der Waals surface area contributed by atoms with Crippen LogP contribution in [0.25, 0.3) is 6.08 Å². The SMILES string of the molecule is CCOP(=O)(OCC)C(/C=C/c1ccco1)Nc1ccc(Br)cc1. The maximum absolute atomic E-state index is 13.1. The fourth-order valence-electron chi connectivity index (χ4n) is 2.08. The summed E-state index contributed by atoms with van der Waals surface area (Å²) in [6.45, 7) is 4.17. The lowest BCUT2D eigenvalue weighted by molar-refractivity contribution is 0.217. The second-order valence-corrected chi connectivity index (χ2v) is 7.91. The molecular formula is C17H21BrNO4P. The van der Waals surface area contributed by atoms with Crippen LogP contribution in [0.3, 0.4) is 0 Å². The third-order valence-electron chi connectivity index (χ3n) is 3.10. The Hall–Kier alpha value is -1.33. The van der Waals surface area contributed by atoms with Crippen molar-refractivity contribution in [1.82, 2.24) is 0 Å². The maximum atomic E-state index is 13.1. The highest BCUT2D eigenvalue weighted by atomic mass is 79.9. The number of furan rings is 1. The van der Waals surface area contributed by atoms with Gasteiger partial charge in [0.15, 0.2) is 0 Å². The number of hydrogen-bond donors (Lipinski definition) is 1. The van der Waals surface area contributed by atoms with E-state index in [0.717, 1.165) is 10.2 Å². The van der Waals surface area contributed by atoms with E-state index in [1.807, 2.05) is 30.3 Å². The van der Waals surface area contributed by atoms with Crippen molar-refractivity contribution in [2.45, 2.75) is 19.6 Å². The Morgan fingerprint density at radius 3 is 2.42 bits per heavy atom. The Kier molecular flexibility index (Phi) is 7.31. The molecule has 0 aliphatic rings. The Bertz CT molecular complexity index is 675. The molecule has 1 aromatic heterocycles. The third kappa shape index (κ3) is 5.35. The molecule has 1 heterocycles. The van der Waals surface area contributed by atoms with Gasteiger partial charge in [0.1, 0.15) is 11.5 Å². The molecule has 0 fully saturated rings. The van der Waals surface area contributed by atoms with E-state index < -0.39 is 13.4 Å². The summed E-state index contributed by atoms with van der Waals surface area (Å²) >= 11 is 3.40. The standard InChI is InChI=1S/C17H21BrNO4P/c1-3-22-24(20,23-4-2)17(12-11-16-6-5-13-21-16)19-15-9-7-14(18)8-10-15/h5-13,17,19H,3-4H2,1-2H3/b12-11+. The largest absolute Gasteiger partial charge is 0.465 e. The summed E-state index contributed by atoms with van der Waals surface area (Å²) in [5, 5.41) is 3.22. The van der Waals surface area contributed by atoms with Gasteiger partial charge in [-0.15, -0.1) is 0 Å². The van der Waals surface area contributed by atoms with Gasteiger partial charge in [-0.05, 0) is 62.4 Å². The summed E-state index contributed by atoms with van der Waals surface area (Å²) in [4.78, 5) is 0. The van der Waals surface area contributed by atoms with Crippen molar-refractivity contribution in [3.8, 4) is 0 Å². The molecule has 1 N–H and O–H groups in total. The minimum absolute atomic E-state index is 0.296. The molecule has 2 rings (SSSR count). The van der Waals surface area contributed by atoms with Crippen LogP contribution in [-0.4, -0.2) is 19.0 Å². The molecule has 0 amide bonds. The zero-order chi connectivity index (χ0) is 17.4. The fourth-order valence-corrected chi connectivity index (χ4v) is 4.06. The number of halogens is 1. The van der Waals surface area contributed by atoms with E-state index in [-0.39, 0.29) is 0 Å². The summed E-state index contributed by atoms with van der Waals surface area (Å²) in [5.74, 6) is 0.0285. The molecule has 0 saturated heterocycles. The number of rotatable bonds is 9. The third-order valence-corrected chi connectivity index (χ3v) is 5.85. The van der Waals surface area contributed by atoms with Crippen molar-refractivity contribution in [3.05, 3.63) is 59.0 Å². The minimum Gasteiger partial charge on any atom is -0.465 e. The van der Waals surface area contributed by atoms with Crippen molar-refractivity contribution in [2.75, 3.05) is 18.5 Å². The molecule has 1 atom stereocenters. The highest BCUT2D eigenvalue weighted by Crippen LogP contribution is 2.53. The Morgan fingerprint density at radius 1 is 1.21 bits per heavy atom. The Labute approximate surface area is 150 Å². The zero-order valence-electron chi connectivity index (χ0n) is 13.6. The van der Waals surface area contributed by atoms with Gasteiger partial charge in [-0.1, -0.05) is 15.9 Å². The lowest BCUT2D eigenvalue weighted by Crippen LogP contribution is -2.20. The predicted octanol–water partition coefficient (Wildman–Crippen LogP) is 5.76. The van der Waals surface area contributed by atoms with Gasteiger partial charge in [-0.3, -0.25) is 4.57 Å². The van der Waals surface area contributed by atoms with Crippen LogP contribution in [0.15, 0.2) is 57.6 Å². The summed E-state index contributed by atoms with van der Waals surface area (Å²) in [7, 11) is -3.38. The normalized spacial score (nSPS) is 13.3. The van der Waals surface area contributed by atoms with E-state index in [0.29, 0.717) is 19.0 Å². The van der Waals surface area contributed by atoms with E-state index >= 15 is 0 Å².